The van der Waals surface area contributed by atoms with E-state index in [0.29, 0.717) is 18.6 Å². The van der Waals surface area contributed by atoms with Gasteiger partial charge in [-0.05, 0) is 42.3 Å². The topological polar surface area (TPSA) is 126 Å². The molecule has 1 saturated carbocycles. The minimum absolute atomic E-state index is 0.0150. The first-order valence-electron chi connectivity index (χ1n) is 12.6. The number of fused-ring (bicyclic) bond motifs is 1. The summed E-state index contributed by atoms with van der Waals surface area (Å²) >= 11 is 1.39. The number of aromatic nitrogens is 1. The van der Waals surface area contributed by atoms with Crippen LogP contribution in [0.4, 0.5) is 4.79 Å². The van der Waals surface area contributed by atoms with Crippen LogP contribution in [-0.4, -0.2) is 71.6 Å². The molecule has 2 saturated heterocycles. The molecule has 3 aliphatic rings. The molecule has 37 heavy (non-hydrogen) atoms. The molecule has 0 spiro atoms. The van der Waals surface area contributed by atoms with Gasteiger partial charge in [-0.1, -0.05) is 32.1 Å². The number of pyridine rings is 1. The molecule has 3 atom stereocenters. The normalized spacial score (nSPS) is 23.6. The molecule has 0 radical (unpaired) electrons. The van der Waals surface area contributed by atoms with Gasteiger partial charge in [0, 0.05) is 24.3 Å². The lowest BCUT2D eigenvalue weighted by Crippen LogP contribution is -2.53. The number of amides is 2. The van der Waals surface area contributed by atoms with Crippen LogP contribution in [0.2, 0.25) is 0 Å². The predicted molar refractivity (Wildman–Crippen MR) is 136 cm³/mol. The average molecular weight is 547 g/mol. The lowest BCUT2D eigenvalue weighted by atomic mass is 9.84. The second kappa shape index (κ2) is 10.9. The number of hydrogen-bond acceptors (Lipinski definition) is 8. The predicted octanol–water partition coefficient (Wildman–Crippen LogP) is 2.81. The molecule has 0 aromatic carbocycles. The third-order valence-corrected chi connectivity index (χ3v) is 10.0. The first kappa shape index (κ1) is 25.8. The number of thiophene rings is 1. The van der Waals surface area contributed by atoms with Crippen LogP contribution in [0.25, 0.3) is 0 Å². The zero-order chi connectivity index (χ0) is 26.0. The zero-order valence-electron chi connectivity index (χ0n) is 20.3. The highest BCUT2D eigenvalue weighted by atomic mass is 32.2. The summed E-state index contributed by atoms with van der Waals surface area (Å²) in [6, 6.07) is 2.27. The molecule has 1 N–H and O–H groups in total. The van der Waals surface area contributed by atoms with Gasteiger partial charge in [0.1, 0.15) is 22.7 Å². The minimum atomic E-state index is -3.94. The van der Waals surface area contributed by atoms with Crippen LogP contribution in [0.1, 0.15) is 44.9 Å². The smallest absolute Gasteiger partial charge is 0.409 e. The van der Waals surface area contributed by atoms with Gasteiger partial charge in [0.05, 0.1) is 12.6 Å². The monoisotopic (exact) mass is 546 g/mol. The maximum atomic E-state index is 13.8. The van der Waals surface area contributed by atoms with Crippen LogP contribution in [0, 0.1) is 5.92 Å². The average Bonchev–Trinajstić information content (AvgIpc) is 3.64. The van der Waals surface area contributed by atoms with Crippen molar-refractivity contribution in [3.63, 3.8) is 0 Å². The van der Waals surface area contributed by atoms with Crippen molar-refractivity contribution in [2.45, 2.75) is 68.0 Å². The summed E-state index contributed by atoms with van der Waals surface area (Å²) in [5.41, 5.74) is 0. The lowest BCUT2D eigenvalue weighted by molar-refractivity contribution is -0.138. The summed E-state index contributed by atoms with van der Waals surface area (Å²) in [4.78, 5) is 44.9. The molecule has 5 rings (SSSR count). The third kappa shape index (κ3) is 5.41. The number of likely N-dealkylation sites (tertiary alicyclic amines) is 1. The van der Waals surface area contributed by atoms with Crippen LogP contribution in [0.5, 0.6) is 5.75 Å². The van der Waals surface area contributed by atoms with Crippen LogP contribution in [-0.2, 0) is 19.6 Å². The van der Waals surface area contributed by atoms with Crippen molar-refractivity contribution in [1.29, 1.82) is 0 Å². The molecule has 12 heteroatoms. The second-order valence-electron chi connectivity index (χ2n) is 9.82. The Balaban J connectivity index is 1.34. The summed E-state index contributed by atoms with van der Waals surface area (Å²) in [5.74, 6) is -0.00555. The number of nitrogens with one attached hydrogen (secondary N) is 1. The van der Waals surface area contributed by atoms with E-state index in [2.05, 4.69) is 10.3 Å². The molecular formula is C25H30N4O6S2. The highest BCUT2D eigenvalue weighted by molar-refractivity contribution is 7.89. The highest BCUT2D eigenvalue weighted by Gasteiger charge is 2.54. The maximum Gasteiger partial charge on any atom is 0.413 e. The van der Waals surface area contributed by atoms with E-state index in [0.717, 1.165) is 32.1 Å². The Kier molecular flexibility index (Phi) is 7.59. The van der Waals surface area contributed by atoms with Gasteiger partial charge in [0.2, 0.25) is 15.9 Å². The fourth-order valence-electron chi connectivity index (χ4n) is 5.74. The Hall–Kier alpha value is -2.83. The van der Waals surface area contributed by atoms with E-state index >= 15 is 0 Å². The standard InChI is InChI=1S/C25H30N4O6S2/c30-22-15-29(37(33,34)19-7-4-10-26-14-19)21-8-11-28(23(21)22)24(31)20(13-17-5-2-1-3-6-17)27-25(32)35-18-9-12-36-16-18/h4,7,9-10,12,14,16-17,20-21,23H,1-3,5-6,8,11,13,15H2,(H,27,32). The second-order valence-corrected chi connectivity index (χ2v) is 12.5. The van der Waals surface area contributed by atoms with Gasteiger partial charge < -0.3 is 15.0 Å². The Labute approximate surface area is 220 Å². The van der Waals surface area contributed by atoms with Crippen molar-refractivity contribution in [3.8, 4) is 5.75 Å². The van der Waals surface area contributed by atoms with Gasteiger partial charge in [-0.25, -0.2) is 13.2 Å². The highest BCUT2D eigenvalue weighted by Crippen LogP contribution is 2.35. The third-order valence-electron chi connectivity index (χ3n) is 7.49. The van der Waals surface area contributed by atoms with E-state index in [1.165, 1.54) is 45.1 Å². The molecule has 3 fully saturated rings. The fraction of sp³-hybridized carbons (Fsp3) is 0.520. The lowest BCUT2D eigenvalue weighted by Gasteiger charge is -2.31. The first-order valence-corrected chi connectivity index (χ1v) is 15.0. The molecule has 3 unspecified atom stereocenters. The number of hydrogen-bond donors (Lipinski definition) is 1. The number of nitrogens with zero attached hydrogens (tertiary/aromatic N) is 3. The number of sulfonamides is 1. The molecule has 198 valence electrons. The number of carbonyl (C=O) groups is 3. The van der Waals surface area contributed by atoms with Crippen molar-refractivity contribution >= 4 is 39.1 Å². The van der Waals surface area contributed by atoms with E-state index in [1.807, 2.05) is 0 Å². The quantitative estimate of drug-likeness (QED) is 0.566. The van der Waals surface area contributed by atoms with E-state index < -0.39 is 34.2 Å². The van der Waals surface area contributed by atoms with Gasteiger partial charge in [-0.3, -0.25) is 14.6 Å². The Morgan fingerprint density at radius 2 is 2.00 bits per heavy atom. The van der Waals surface area contributed by atoms with E-state index in [4.69, 9.17) is 4.74 Å². The zero-order valence-corrected chi connectivity index (χ0v) is 22.0. The van der Waals surface area contributed by atoms with Crippen molar-refractivity contribution in [2.75, 3.05) is 13.1 Å². The van der Waals surface area contributed by atoms with Crippen molar-refractivity contribution < 1.29 is 27.5 Å². The molecule has 2 amide bonds. The van der Waals surface area contributed by atoms with Crippen LogP contribution >= 0.6 is 11.3 Å². The molecule has 10 nitrogen and oxygen atoms in total. The van der Waals surface area contributed by atoms with Gasteiger partial charge in [-0.15, -0.1) is 11.3 Å². The molecule has 2 aliphatic heterocycles. The Morgan fingerprint density at radius 1 is 1.19 bits per heavy atom. The van der Waals surface area contributed by atoms with Gasteiger partial charge in [0.25, 0.3) is 0 Å². The van der Waals surface area contributed by atoms with Crippen LogP contribution in [0.15, 0.2) is 46.2 Å². The number of carbonyl (C=O) groups excluding carboxylic acids is 3. The van der Waals surface area contributed by atoms with Crippen LogP contribution < -0.4 is 10.1 Å². The van der Waals surface area contributed by atoms with E-state index in [-0.39, 0.29) is 35.6 Å². The number of ketones is 1. The fourth-order valence-corrected chi connectivity index (χ4v) is 7.88. The number of rotatable bonds is 7. The molecule has 4 heterocycles. The van der Waals surface area contributed by atoms with E-state index in [1.54, 1.807) is 16.8 Å². The summed E-state index contributed by atoms with van der Waals surface area (Å²) in [5, 5.41) is 6.22. The minimum Gasteiger partial charge on any atom is -0.409 e. The van der Waals surface area contributed by atoms with Crippen molar-refractivity contribution in [2.24, 2.45) is 5.92 Å². The summed E-state index contributed by atoms with van der Waals surface area (Å²) in [6.45, 7) is -0.0569. The molecule has 1 aliphatic carbocycles. The maximum absolute atomic E-state index is 13.8. The van der Waals surface area contributed by atoms with E-state index in [9.17, 15) is 22.8 Å². The van der Waals surface area contributed by atoms with Gasteiger partial charge in [-0.2, -0.15) is 4.31 Å². The molecule has 0 bridgehead atoms. The summed E-state index contributed by atoms with van der Waals surface area (Å²) in [7, 11) is -3.94. The molecule has 2 aromatic heterocycles. The molecular weight excluding hydrogens is 516 g/mol. The summed E-state index contributed by atoms with van der Waals surface area (Å²) < 4.78 is 33.0. The number of ether oxygens (including phenoxy) is 1. The van der Waals surface area contributed by atoms with Crippen molar-refractivity contribution in [1.82, 2.24) is 19.5 Å². The van der Waals surface area contributed by atoms with Gasteiger partial charge >= 0.3 is 6.09 Å². The molecule has 2 aromatic rings. The Bertz CT molecular complexity index is 1230. The number of Topliss-reactive ketones (excluding diaryl/α,β-unsaturated/α-hetero) is 1. The van der Waals surface area contributed by atoms with Crippen molar-refractivity contribution in [3.05, 3.63) is 41.4 Å². The van der Waals surface area contributed by atoms with Crippen LogP contribution in [0.3, 0.4) is 0 Å². The summed E-state index contributed by atoms with van der Waals surface area (Å²) in [6.07, 6.45) is 8.10. The SMILES string of the molecule is O=C(NC(CC1CCCCC1)C(=O)N1CCC2C1C(=O)CN2S(=O)(=O)c1cccnc1)Oc1ccsc1. The Morgan fingerprint density at radius 3 is 2.70 bits per heavy atom. The first-order chi connectivity index (χ1) is 17.8. The van der Waals surface area contributed by atoms with Gasteiger partial charge in [0.15, 0.2) is 5.78 Å². The largest absolute Gasteiger partial charge is 0.413 e.